The number of rotatable bonds is 11. The first-order valence-corrected chi connectivity index (χ1v) is 14.2. The van der Waals surface area contributed by atoms with E-state index in [0.717, 1.165) is 18.4 Å². The number of hydrogen-bond acceptors (Lipinski definition) is 5. The monoisotopic (exact) mass is 551 g/mol. The Labute approximate surface area is 227 Å². The fraction of sp³-hybridized carbons (Fsp3) is 0.276. The van der Waals surface area contributed by atoms with E-state index in [0.29, 0.717) is 10.8 Å². The minimum Gasteiger partial charge on any atom is -0.354 e. The third kappa shape index (κ3) is 6.17. The van der Waals surface area contributed by atoms with Crippen LogP contribution in [0.25, 0.3) is 0 Å². The van der Waals surface area contributed by atoms with E-state index in [9.17, 15) is 27.2 Å². The van der Waals surface area contributed by atoms with Gasteiger partial charge in [-0.1, -0.05) is 74.0 Å². The average Bonchev–Trinajstić information content (AvgIpc) is 3.12. The highest BCUT2D eigenvalue weighted by Gasteiger charge is 2.43. The highest BCUT2D eigenvalue weighted by molar-refractivity contribution is 7.90. The van der Waals surface area contributed by atoms with Crippen LogP contribution in [0.15, 0.2) is 83.8 Å². The molecule has 0 saturated carbocycles. The Bertz CT molecular complexity index is 1460. The quantitative estimate of drug-likeness (QED) is 0.367. The summed E-state index contributed by atoms with van der Waals surface area (Å²) in [6.45, 7) is 1.25. The van der Waals surface area contributed by atoms with Crippen LogP contribution in [-0.4, -0.2) is 54.5 Å². The molecule has 1 heterocycles. The zero-order valence-corrected chi connectivity index (χ0v) is 22.4. The number of sulfonamides is 1. The van der Waals surface area contributed by atoms with Gasteiger partial charge in [-0.2, -0.15) is 0 Å². The van der Waals surface area contributed by atoms with Gasteiger partial charge in [0.25, 0.3) is 15.9 Å². The number of amides is 3. The second-order valence-electron chi connectivity index (χ2n) is 9.28. The van der Waals surface area contributed by atoms with Crippen LogP contribution in [0, 0.1) is 5.82 Å². The SMILES string of the molecule is CCCCNC(=O)[C@H](Cc1ccccc1)N(Cc1ccccc1F)C(=O)CN1C(=O)c2ccccc2S1(=O)=O. The lowest BCUT2D eigenvalue weighted by atomic mass is 10.0. The summed E-state index contributed by atoms with van der Waals surface area (Å²) in [5.74, 6) is -2.64. The molecule has 4 rings (SSSR count). The van der Waals surface area contributed by atoms with Gasteiger partial charge in [0.05, 0.1) is 5.56 Å². The number of unbranched alkanes of at least 4 members (excludes halogenated alkanes) is 1. The first kappa shape index (κ1) is 28.0. The maximum atomic E-state index is 14.7. The van der Waals surface area contributed by atoms with Gasteiger partial charge in [-0.15, -0.1) is 0 Å². The van der Waals surface area contributed by atoms with Crippen LogP contribution in [0.2, 0.25) is 0 Å². The number of benzene rings is 3. The number of carbonyl (C=O) groups is 3. The summed E-state index contributed by atoms with van der Waals surface area (Å²) in [5, 5.41) is 2.85. The molecule has 0 radical (unpaired) electrons. The summed E-state index contributed by atoms with van der Waals surface area (Å²) in [4.78, 5) is 41.3. The van der Waals surface area contributed by atoms with Gasteiger partial charge in [-0.3, -0.25) is 14.4 Å². The molecule has 10 heteroatoms. The largest absolute Gasteiger partial charge is 0.354 e. The van der Waals surface area contributed by atoms with Crippen LogP contribution < -0.4 is 5.32 Å². The third-order valence-corrected chi connectivity index (χ3v) is 8.38. The summed E-state index contributed by atoms with van der Waals surface area (Å²) < 4.78 is 41.5. The van der Waals surface area contributed by atoms with Crippen molar-refractivity contribution < 1.29 is 27.2 Å². The average molecular weight is 552 g/mol. The first-order valence-electron chi connectivity index (χ1n) is 12.7. The summed E-state index contributed by atoms with van der Waals surface area (Å²) in [6, 6.07) is 19.6. The lowest BCUT2D eigenvalue weighted by Crippen LogP contribution is -2.53. The molecule has 0 aromatic heterocycles. The molecule has 0 fully saturated rings. The molecular weight excluding hydrogens is 521 g/mol. The molecule has 1 aliphatic heterocycles. The minimum absolute atomic E-state index is 0.0240. The molecule has 3 aromatic rings. The number of fused-ring (bicyclic) bond motifs is 1. The highest BCUT2D eigenvalue weighted by atomic mass is 32.2. The van der Waals surface area contributed by atoms with Crippen molar-refractivity contribution in [1.29, 1.82) is 0 Å². The van der Waals surface area contributed by atoms with Crippen LogP contribution in [-0.2, 0) is 32.6 Å². The molecule has 3 aromatic carbocycles. The van der Waals surface area contributed by atoms with Crippen LogP contribution >= 0.6 is 0 Å². The Morgan fingerprint density at radius 1 is 0.974 bits per heavy atom. The van der Waals surface area contributed by atoms with Gasteiger partial charge in [-0.25, -0.2) is 17.1 Å². The van der Waals surface area contributed by atoms with Crippen molar-refractivity contribution in [2.45, 2.75) is 43.7 Å². The molecule has 204 valence electrons. The molecular formula is C29H30FN3O5S. The van der Waals surface area contributed by atoms with E-state index in [2.05, 4.69) is 5.32 Å². The summed E-state index contributed by atoms with van der Waals surface area (Å²) in [6.07, 6.45) is 1.68. The lowest BCUT2D eigenvalue weighted by molar-refractivity contribution is -0.141. The predicted molar refractivity (Wildman–Crippen MR) is 143 cm³/mol. The van der Waals surface area contributed by atoms with E-state index < -0.39 is 46.1 Å². The minimum atomic E-state index is -4.27. The van der Waals surface area contributed by atoms with E-state index in [1.807, 2.05) is 25.1 Å². The Balaban J connectivity index is 1.70. The number of hydrogen-bond donors (Lipinski definition) is 1. The molecule has 3 amide bonds. The molecule has 1 atom stereocenters. The van der Waals surface area contributed by atoms with E-state index in [1.165, 1.54) is 41.3 Å². The summed E-state index contributed by atoms with van der Waals surface area (Å²) in [5.41, 5.74) is 0.894. The third-order valence-electron chi connectivity index (χ3n) is 6.59. The van der Waals surface area contributed by atoms with Gasteiger partial charge in [-0.05, 0) is 30.2 Å². The van der Waals surface area contributed by atoms with E-state index in [4.69, 9.17) is 0 Å². The number of carbonyl (C=O) groups excluding carboxylic acids is 3. The van der Waals surface area contributed by atoms with Gasteiger partial charge < -0.3 is 10.2 Å². The highest BCUT2D eigenvalue weighted by Crippen LogP contribution is 2.30. The normalized spacial score (nSPS) is 14.5. The molecule has 0 spiro atoms. The van der Waals surface area contributed by atoms with Crippen LogP contribution in [0.4, 0.5) is 4.39 Å². The van der Waals surface area contributed by atoms with Gasteiger partial charge in [0.15, 0.2) is 0 Å². The Morgan fingerprint density at radius 2 is 1.64 bits per heavy atom. The van der Waals surface area contributed by atoms with Crippen molar-refractivity contribution in [3.05, 3.63) is 101 Å². The number of nitrogens with one attached hydrogen (secondary N) is 1. The Morgan fingerprint density at radius 3 is 2.33 bits per heavy atom. The van der Waals surface area contributed by atoms with Crippen LogP contribution in [0.1, 0.15) is 41.3 Å². The fourth-order valence-corrected chi connectivity index (χ4v) is 5.99. The van der Waals surface area contributed by atoms with Crippen molar-refractivity contribution >= 4 is 27.7 Å². The molecule has 1 N–H and O–H groups in total. The lowest BCUT2D eigenvalue weighted by Gasteiger charge is -2.32. The van der Waals surface area contributed by atoms with Gasteiger partial charge in [0.1, 0.15) is 23.3 Å². The molecule has 0 saturated heterocycles. The van der Waals surface area contributed by atoms with E-state index in [1.54, 1.807) is 24.3 Å². The van der Waals surface area contributed by atoms with Crippen molar-refractivity contribution in [2.24, 2.45) is 0 Å². The van der Waals surface area contributed by atoms with Crippen molar-refractivity contribution in [2.75, 3.05) is 13.1 Å². The fourth-order valence-electron chi connectivity index (χ4n) is 4.47. The second kappa shape index (κ2) is 12.2. The van der Waals surface area contributed by atoms with Gasteiger partial charge in [0.2, 0.25) is 11.8 Å². The van der Waals surface area contributed by atoms with Crippen molar-refractivity contribution in [3.8, 4) is 0 Å². The zero-order valence-electron chi connectivity index (χ0n) is 21.5. The van der Waals surface area contributed by atoms with Crippen LogP contribution in [0.5, 0.6) is 0 Å². The summed E-state index contributed by atoms with van der Waals surface area (Å²) in [7, 11) is -4.27. The molecule has 0 unspecified atom stereocenters. The maximum Gasteiger partial charge on any atom is 0.269 e. The number of halogens is 1. The standard InChI is InChI=1S/C29H30FN3O5S/c1-2-3-17-31-28(35)25(18-21-11-5-4-6-12-21)32(19-22-13-7-9-15-24(22)30)27(34)20-33-29(36)23-14-8-10-16-26(23)39(33,37)38/h4-16,25H,2-3,17-20H2,1H3,(H,31,35)/t25-/m0/s1. The first-order chi connectivity index (χ1) is 18.7. The molecule has 1 aliphatic rings. The predicted octanol–water partition coefficient (Wildman–Crippen LogP) is 3.53. The molecule has 0 aliphatic carbocycles. The smallest absolute Gasteiger partial charge is 0.269 e. The van der Waals surface area contributed by atoms with Crippen molar-refractivity contribution in [1.82, 2.24) is 14.5 Å². The van der Waals surface area contributed by atoms with E-state index >= 15 is 0 Å². The second-order valence-corrected chi connectivity index (χ2v) is 11.1. The van der Waals surface area contributed by atoms with Crippen molar-refractivity contribution in [3.63, 3.8) is 0 Å². The molecule has 39 heavy (non-hydrogen) atoms. The summed E-state index contributed by atoms with van der Waals surface area (Å²) >= 11 is 0. The molecule has 0 bridgehead atoms. The van der Waals surface area contributed by atoms with Gasteiger partial charge >= 0.3 is 0 Å². The topological polar surface area (TPSA) is 104 Å². The van der Waals surface area contributed by atoms with Gasteiger partial charge in [0, 0.05) is 25.1 Å². The zero-order chi connectivity index (χ0) is 28.0. The maximum absolute atomic E-state index is 14.7. The number of nitrogens with zero attached hydrogens (tertiary/aromatic N) is 2. The Kier molecular flexibility index (Phi) is 8.75. The van der Waals surface area contributed by atoms with E-state index in [-0.39, 0.29) is 29.0 Å². The molecule has 8 nitrogen and oxygen atoms in total. The Hall–Kier alpha value is -4.05. The van der Waals surface area contributed by atoms with Crippen LogP contribution in [0.3, 0.4) is 0 Å².